The molecule has 1 heterocycles. The Morgan fingerprint density at radius 3 is 2.88 bits per heavy atom. The van der Waals surface area contributed by atoms with Crippen molar-refractivity contribution in [2.75, 3.05) is 26.4 Å². The molecule has 1 aliphatic heterocycles. The number of esters is 1. The summed E-state index contributed by atoms with van der Waals surface area (Å²) in [4.78, 5) is 42.2. The van der Waals surface area contributed by atoms with Crippen LogP contribution >= 0.6 is 11.9 Å². The lowest BCUT2D eigenvalue weighted by Gasteiger charge is -2.50. The van der Waals surface area contributed by atoms with Crippen molar-refractivity contribution in [1.29, 1.82) is 0 Å². The van der Waals surface area contributed by atoms with Gasteiger partial charge in [0.25, 0.3) is 0 Å². The lowest BCUT2D eigenvalue weighted by molar-refractivity contribution is -0.149. The van der Waals surface area contributed by atoms with E-state index in [0.29, 0.717) is 29.9 Å². The average Bonchev–Trinajstić information content (AvgIpc) is 3.43. The molecular formula is C28H37N3O8S. The zero-order chi connectivity index (χ0) is 28.7. The average molecular weight is 576 g/mol. The first kappa shape index (κ1) is 28.7. The minimum Gasteiger partial charge on any atom is -0.508 e. The monoisotopic (exact) mass is 575 g/mol. The van der Waals surface area contributed by atoms with Crippen LogP contribution in [0.2, 0.25) is 0 Å². The molecule has 2 saturated carbocycles. The standard InChI is InChI=1S/C28H37N3O8S/c1-27(2,40-30-36)23-14-38-26(35)31(23)10-11-37-25(34)15-39-29-22-13-19-18(17-5-4-16(32)12-20(17)22)8-9-28(3)21(19)6-7-24(28)33/h4-5,12,18-19,21,23-24,32-33H,6-11,13-15H2,1-3H3/b29-22+/t18-,19-,21+,23?,24+,28+/m1/s1. The number of aromatic hydroxyl groups is 1. The van der Waals surface area contributed by atoms with Crippen LogP contribution in [0.25, 0.3) is 0 Å². The van der Waals surface area contributed by atoms with E-state index in [0.717, 1.165) is 48.8 Å². The van der Waals surface area contributed by atoms with E-state index in [-0.39, 0.29) is 37.0 Å². The molecule has 0 spiro atoms. The zero-order valence-electron chi connectivity index (χ0n) is 23.1. The van der Waals surface area contributed by atoms with Crippen molar-refractivity contribution in [3.05, 3.63) is 34.2 Å². The van der Waals surface area contributed by atoms with Crippen molar-refractivity contribution in [3.63, 3.8) is 0 Å². The van der Waals surface area contributed by atoms with Crippen LogP contribution in [0.3, 0.4) is 0 Å². The number of aliphatic hydroxyl groups is 1. The fraction of sp³-hybridized carbons (Fsp3) is 0.679. The van der Waals surface area contributed by atoms with Gasteiger partial charge in [0.1, 0.15) is 19.0 Å². The first-order chi connectivity index (χ1) is 19.0. The van der Waals surface area contributed by atoms with Crippen molar-refractivity contribution >= 4 is 29.7 Å². The fourth-order valence-corrected chi connectivity index (χ4v) is 7.87. The minimum atomic E-state index is -0.660. The molecule has 40 heavy (non-hydrogen) atoms. The van der Waals surface area contributed by atoms with E-state index in [4.69, 9.17) is 14.3 Å². The van der Waals surface area contributed by atoms with Gasteiger partial charge in [-0.25, -0.2) is 9.59 Å². The normalized spacial score (nSPS) is 32.2. The number of fused-ring (bicyclic) bond motifs is 5. The Balaban J connectivity index is 1.21. The third-order valence-corrected chi connectivity index (χ3v) is 10.4. The van der Waals surface area contributed by atoms with Crippen LogP contribution in [0.1, 0.15) is 69.9 Å². The van der Waals surface area contributed by atoms with Crippen molar-refractivity contribution in [1.82, 2.24) is 4.90 Å². The number of carbonyl (C=O) groups is 2. The summed E-state index contributed by atoms with van der Waals surface area (Å²) in [5, 5.41) is 25.2. The number of carbonyl (C=O) groups excluding carboxylic acids is 2. The molecule has 1 aromatic rings. The maximum Gasteiger partial charge on any atom is 0.410 e. The van der Waals surface area contributed by atoms with Gasteiger partial charge in [0, 0.05) is 22.1 Å². The Morgan fingerprint density at radius 2 is 2.10 bits per heavy atom. The summed E-state index contributed by atoms with van der Waals surface area (Å²) in [6.07, 6.45) is 3.53. The molecule has 4 aliphatic rings. The van der Waals surface area contributed by atoms with E-state index < -0.39 is 29.5 Å². The number of benzene rings is 1. The zero-order valence-corrected chi connectivity index (χ0v) is 23.9. The van der Waals surface area contributed by atoms with Crippen LogP contribution in [0, 0.1) is 22.2 Å². The highest BCUT2D eigenvalue weighted by Crippen LogP contribution is 2.61. The molecule has 2 N–H and O–H groups in total. The van der Waals surface area contributed by atoms with Gasteiger partial charge in [-0.05, 0) is 86.8 Å². The summed E-state index contributed by atoms with van der Waals surface area (Å²) in [5.74, 6) is 0.503. The summed E-state index contributed by atoms with van der Waals surface area (Å²) in [6.45, 7) is 5.55. The quantitative estimate of drug-likeness (QED) is 0.190. The molecular weight excluding hydrogens is 538 g/mol. The van der Waals surface area contributed by atoms with E-state index >= 15 is 0 Å². The molecule has 0 radical (unpaired) electrons. The van der Waals surface area contributed by atoms with E-state index in [9.17, 15) is 24.7 Å². The second-order valence-electron chi connectivity index (χ2n) is 12.1. The summed E-state index contributed by atoms with van der Waals surface area (Å²) < 4.78 is 12.6. The topological polar surface area (TPSA) is 147 Å². The van der Waals surface area contributed by atoms with Crippen LogP contribution in [0.5, 0.6) is 5.75 Å². The number of amides is 1. The van der Waals surface area contributed by atoms with Crippen molar-refractivity contribution in [3.8, 4) is 5.75 Å². The van der Waals surface area contributed by atoms with Crippen LogP contribution in [-0.2, 0) is 19.1 Å². The van der Waals surface area contributed by atoms with Crippen molar-refractivity contribution in [2.45, 2.75) is 75.7 Å². The predicted molar refractivity (Wildman–Crippen MR) is 148 cm³/mol. The molecule has 11 nitrogen and oxygen atoms in total. The molecule has 0 aromatic heterocycles. The highest BCUT2D eigenvalue weighted by atomic mass is 32.2. The lowest BCUT2D eigenvalue weighted by atomic mass is 9.55. The maximum atomic E-state index is 12.4. The Bertz CT molecular complexity index is 1190. The smallest absolute Gasteiger partial charge is 0.410 e. The summed E-state index contributed by atoms with van der Waals surface area (Å²) >= 11 is 0.834. The number of rotatable bonds is 9. The first-order valence-electron chi connectivity index (χ1n) is 13.8. The Hall–Kier alpha value is -2.86. The molecule has 12 heteroatoms. The van der Waals surface area contributed by atoms with Crippen LogP contribution < -0.4 is 0 Å². The molecule has 218 valence electrons. The minimum absolute atomic E-state index is 0.0668. The molecule has 0 bridgehead atoms. The second-order valence-corrected chi connectivity index (χ2v) is 13.5. The van der Waals surface area contributed by atoms with Crippen molar-refractivity contribution in [2.24, 2.45) is 27.0 Å². The Labute approximate surface area is 237 Å². The Morgan fingerprint density at radius 1 is 1.30 bits per heavy atom. The van der Waals surface area contributed by atoms with Crippen LogP contribution in [-0.4, -0.2) is 76.1 Å². The number of nitroso groups, excluding NO2 is 1. The number of oxime groups is 1. The number of hydrogen-bond donors (Lipinski definition) is 2. The predicted octanol–water partition coefficient (Wildman–Crippen LogP) is 4.34. The van der Waals surface area contributed by atoms with E-state index in [1.165, 1.54) is 4.90 Å². The molecule has 1 unspecified atom stereocenters. The van der Waals surface area contributed by atoms with Gasteiger partial charge in [0.05, 0.1) is 29.1 Å². The number of nitrogens with zero attached hydrogens (tertiary/aromatic N) is 3. The molecule has 3 aliphatic carbocycles. The molecule has 1 saturated heterocycles. The number of phenolic OH excluding ortho intramolecular Hbond substituents is 1. The Kier molecular flexibility index (Phi) is 8.02. The molecule has 5 rings (SSSR count). The summed E-state index contributed by atoms with van der Waals surface area (Å²) in [6, 6.07) is 4.97. The number of hydrogen-bond acceptors (Lipinski definition) is 11. The molecule has 6 atom stereocenters. The van der Waals surface area contributed by atoms with Gasteiger partial charge < -0.3 is 24.5 Å². The van der Waals surface area contributed by atoms with Gasteiger partial charge in [-0.1, -0.05) is 18.1 Å². The highest BCUT2D eigenvalue weighted by molar-refractivity contribution is 7.99. The van der Waals surface area contributed by atoms with Gasteiger partial charge in [-0.15, -0.1) is 4.91 Å². The van der Waals surface area contributed by atoms with E-state index in [2.05, 4.69) is 16.7 Å². The highest BCUT2D eigenvalue weighted by Gasteiger charge is 2.55. The SMILES string of the molecule is CC(C)(SN=O)C1COC(=O)N1CCOC(=O)CO/N=C1\C[C@@H]2[C@H](CC[C@]3(C)[C@@H](O)CC[C@@H]23)c2ccc(O)cc21. The first-order valence-corrected chi connectivity index (χ1v) is 14.6. The van der Waals surface area contributed by atoms with Crippen LogP contribution in [0.4, 0.5) is 4.79 Å². The molecule has 1 amide bonds. The summed E-state index contributed by atoms with van der Waals surface area (Å²) in [5.41, 5.74) is 2.53. The number of ether oxygens (including phenoxy) is 2. The molecule has 3 fully saturated rings. The van der Waals surface area contributed by atoms with E-state index in [1.807, 2.05) is 6.07 Å². The fourth-order valence-electron chi connectivity index (χ4n) is 7.36. The maximum absolute atomic E-state index is 12.4. The third-order valence-electron chi connectivity index (χ3n) is 9.57. The van der Waals surface area contributed by atoms with Crippen molar-refractivity contribution < 1.29 is 34.1 Å². The molecule has 1 aromatic carbocycles. The third kappa shape index (κ3) is 5.27. The lowest BCUT2D eigenvalue weighted by Crippen LogP contribution is -2.47. The number of phenols is 1. The second kappa shape index (κ2) is 11.2. The van der Waals surface area contributed by atoms with Crippen LogP contribution in [0.15, 0.2) is 27.9 Å². The van der Waals surface area contributed by atoms with Gasteiger partial charge in [-0.2, -0.15) is 0 Å². The van der Waals surface area contributed by atoms with Gasteiger partial charge in [0.2, 0.25) is 6.61 Å². The number of aliphatic hydroxyl groups excluding tert-OH is 1. The van der Waals surface area contributed by atoms with Gasteiger partial charge in [-0.3, -0.25) is 4.90 Å². The van der Waals surface area contributed by atoms with E-state index in [1.54, 1.807) is 26.0 Å². The van der Waals surface area contributed by atoms with Gasteiger partial charge >= 0.3 is 12.1 Å². The number of cyclic esters (lactones) is 1. The largest absolute Gasteiger partial charge is 0.508 e. The summed E-state index contributed by atoms with van der Waals surface area (Å²) in [7, 11) is 0. The van der Waals surface area contributed by atoms with Gasteiger partial charge in [0.15, 0.2) is 0 Å².